The first-order valence-corrected chi connectivity index (χ1v) is 9.39. The van der Waals surface area contributed by atoms with Crippen molar-refractivity contribution in [3.05, 3.63) is 34.3 Å². The van der Waals surface area contributed by atoms with Crippen molar-refractivity contribution in [1.29, 1.82) is 0 Å². The van der Waals surface area contributed by atoms with Crippen LogP contribution in [0.5, 0.6) is 0 Å². The van der Waals surface area contributed by atoms with E-state index in [-0.39, 0.29) is 23.7 Å². The lowest BCUT2D eigenvalue weighted by molar-refractivity contribution is 0.0692. The van der Waals surface area contributed by atoms with Crippen LogP contribution in [0.3, 0.4) is 0 Å². The van der Waals surface area contributed by atoms with E-state index < -0.39 is 9.84 Å². The molecule has 4 nitrogen and oxygen atoms in total. The second-order valence-electron chi connectivity index (χ2n) is 5.90. The van der Waals surface area contributed by atoms with Crippen LogP contribution in [0.1, 0.15) is 35.7 Å². The second-order valence-corrected chi connectivity index (χ2v) is 8.52. The molecule has 1 aliphatic carbocycles. The number of halogens is 1. The molecule has 116 valence electrons. The van der Waals surface area contributed by atoms with Crippen LogP contribution in [0.4, 0.5) is 0 Å². The van der Waals surface area contributed by atoms with Crippen LogP contribution in [-0.2, 0) is 9.84 Å². The second kappa shape index (κ2) is 5.97. The van der Waals surface area contributed by atoms with Gasteiger partial charge in [-0.3, -0.25) is 4.79 Å². The molecule has 2 rings (SSSR count). The minimum absolute atomic E-state index is 0.0191. The Kier molecular flexibility index (Phi) is 4.63. The monoisotopic (exact) mass is 329 g/mol. The summed E-state index contributed by atoms with van der Waals surface area (Å²) in [6.07, 6.45) is 3.06. The topological polar surface area (TPSA) is 54.5 Å². The van der Waals surface area contributed by atoms with E-state index >= 15 is 0 Å². The van der Waals surface area contributed by atoms with Gasteiger partial charge in [0.05, 0.1) is 5.75 Å². The van der Waals surface area contributed by atoms with Crippen LogP contribution in [0.2, 0.25) is 5.02 Å². The normalized spacial score (nSPS) is 16.6. The molecule has 1 saturated carbocycles. The zero-order chi connectivity index (χ0) is 15.8. The SMILES string of the molecule is Cc1cc(Cl)cc(C(=O)N(C(C)CS(C)(=O)=O)C2CC2)c1. The van der Waals surface area contributed by atoms with E-state index in [2.05, 4.69) is 0 Å². The molecule has 1 fully saturated rings. The van der Waals surface area contributed by atoms with E-state index in [0.29, 0.717) is 10.6 Å². The number of carbonyl (C=O) groups is 1. The van der Waals surface area contributed by atoms with Crippen molar-refractivity contribution in [1.82, 2.24) is 4.90 Å². The highest BCUT2D eigenvalue weighted by Gasteiger charge is 2.37. The van der Waals surface area contributed by atoms with Crippen LogP contribution in [0.25, 0.3) is 0 Å². The number of benzene rings is 1. The fraction of sp³-hybridized carbons (Fsp3) is 0.533. The third-order valence-corrected chi connectivity index (χ3v) is 4.79. The number of rotatable bonds is 5. The molecule has 0 radical (unpaired) electrons. The molecule has 1 atom stereocenters. The molecule has 0 heterocycles. The summed E-state index contributed by atoms with van der Waals surface area (Å²) in [5.41, 5.74) is 1.43. The summed E-state index contributed by atoms with van der Waals surface area (Å²) in [6, 6.07) is 5.03. The third kappa shape index (κ3) is 4.45. The standard InChI is InChI=1S/C15H20ClNO3S/c1-10-6-12(8-13(16)7-10)15(18)17(14-4-5-14)11(2)9-21(3,19)20/h6-8,11,14H,4-5,9H2,1-3H3. The largest absolute Gasteiger partial charge is 0.332 e. The number of amides is 1. The molecule has 21 heavy (non-hydrogen) atoms. The molecule has 1 aliphatic rings. The van der Waals surface area contributed by atoms with E-state index in [4.69, 9.17) is 11.6 Å². The van der Waals surface area contributed by atoms with Gasteiger partial charge in [0.2, 0.25) is 0 Å². The minimum atomic E-state index is -3.13. The summed E-state index contributed by atoms with van der Waals surface area (Å²) in [5.74, 6) is -0.159. The van der Waals surface area contributed by atoms with Crippen LogP contribution in [-0.4, -0.2) is 43.3 Å². The number of sulfone groups is 1. The van der Waals surface area contributed by atoms with Crippen molar-refractivity contribution in [2.75, 3.05) is 12.0 Å². The fourth-order valence-corrected chi connectivity index (χ4v) is 3.93. The Labute approximate surface area is 131 Å². The maximum absolute atomic E-state index is 12.7. The molecule has 1 aromatic carbocycles. The lowest BCUT2D eigenvalue weighted by Gasteiger charge is -2.29. The molecule has 0 N–H and O–H groups in total. The molecule has 0 bridgehead atoms. The first kappa shape index (κ1) is 16.3. The Morgan fingerprint density at radius 1 is 1.38 bits per heavy atom. The van der Waals surface area contributed by atoms with Gasteiger partial charge in [-0.2, -0.15) is 0 Å². The van der Waals surface area contributed by atoms with Gasteiger partial charge in [-0.15, -0.1) is 0 Å². The van der Waals surface area contributed by atoms with Gasteiger partial charge in [-0.1, -0.05) is 11.6 Å². The van der Waals surface area contributed by atoms with Crippen LogP contribution in [0, 0.1) is 6.92 Å². The molecule has 1 amide bonds. The lowest BCUT2D eigenvalue weighted by atomic mass is 10.1. The number of hydrogen-bond donors (Lipinski definition) is 0. The van der Waals surface area contributed by atoms with Gasteiger partial charge in [-0.25, -0.2) is 8.42 Å². The average Bonchev–Trinajstić information content (AvgIpc) is 3.09. The Morgan fingerprint density at radius 2 is 2.00 bits per heavy atom. The highest BCUT2D eigenvalue weighted by Crippen LogP contribution is 2.31. The average molecular weight is 330 g/mol. The van der Waals surface area contributed by atoms with Gasteiger partial charge in [0.15, 0.2) is 0 Å². The van der Waals surface area contributed by atoms with Crippen molar-refractivity contribution in [2.24, 2.45) is 0 Å². The molecule has 0 saturated heterocycles. The van der Waals surface area contributed by atoms with Crippen LogP contribution < -0.4 is 0 Å². The summed E-state index contributed by atoms with van der Waals surface area (Å²) in [4.78, 5) is 14.4. The molecular weight excluding hydrogens is 310 g/mol. The number of aryl methyl sites for hydroxylation is 1. The third-order valence-electron chi connectivity index (χ3n) is 3.48. The van der Waals surface area contributed by atoms with Crippen molar-refractivity contribution >= 4 is 27.3 Å². The molecule has 6 heteroatoms. The lowest BCUT2D eigenvalue weighted by Crippen LogP contribution is -2.43. The Morgan fingerprint density at radius 3 is 2.48 bits per heavy atom. The predicted octanol–water partition coefficient (Wildman–Crippen LogP) is 2.69. The van der Waals surface area contributed by atoms with E-state index in [1.165, 1.54) is 6.26 Å². The zero-order valence-corrected chi connectivity index (χ0v) is 14.0. The molecule has 1 aromatic rings. The summed E-state index contributed by atoms with van der Waals surface area (Å²) < 4.78 is 23.0. The van der Waals surface area contributed by atoms with E-state index in [1.807, 2.05) is 6.92 Å². The number of hydrogen-bond acceptors (Lipinski definition) is 3. The summed E-state index contributed by atoms with van der Waals surface area (Å²) in [7, 11) is -3.13. The smallest absolute Gasteiger partial charge is 0.254 e. The van der Waals surface area contributed by atoms with Gasteiger partial charge in [0, 0.05) is 28.9 Å². The van der Waals surface area contributed by atoms with E-state index in [0.717, 1.165) is 18.4 Å². The van der Waals surface area contributed by atoms with Crippen molar-refractivity contribution in [3.63, 3.8) is 0 Å². The predicted molar refractivity (Wildman–Crippen MR) is 84.6 cm³/mol. The van der Waals surface area contributed by atoms with Gasteiger partial charge in [-0.05, 0) is 50.5 Å². The Bertz CT molecular complexity index is 633. The Balaban J connectivity index is 2.27. The van der Waals surface area contributed by atoms with Crippen LogP contribution >= 0.6 is 11.6 Å². The molecule has 0 aliphatic heterocycles. The van der Waals surface area contributed by atoms with Gasteiger partial charge in [0.25, 0.3) is 5.91 Å². The highest BCUT2D eigenvalue weighted by atomic mass is 35.5. The number of nitrogens with zero attached hydrogens (tertiary/aromatic N) is 1. The quantitative estimate of drug-likeness (QED) is 0.834. The van der Waals surface area contributed by atoms with E-state index in [9.17, 15) is 13.2 Å². The first-order chi connectivity index (χ1) is 9.67. The van der Waals surface area contributed by atoms with Crippen molar-refractivity contribution in [3.8, 4) is 0 Å². The highest BCUT2D eigenvalue weighted by molar-refractivity contribution is 7.90. The molecular formula is C15H20ClNO3S. The van der Waals surface area contributed by atoms with Crippen molar-refractivity contribution < 1.29 is 13.2 Å². The summed E-state index contributed by atoms with van der Waals surface area (Å²) >= 11 is 6.01. The van der Waals surface area contributed by atoms with Gasteiger partial charge < -0.3 is 4.90 Å². The van der Waals surface area contributed by atoms with Gasteiger partial charge in [0.1, 0.15) is 9.84 Å². The summed E-state index contributed by atoms with van der Waals surface area (Å²) in [6.45, 7) is 3.67. The molecule has 0 spiro atoms. The van der Waals surface area contributed by atoms with E-state index in [1.54, 1.807) is 30.0 Å². The fourth-order valence-electron chi connectivity index (χ4n) is 2.61. The maximum Gasteiger partial charge on any atom is 0.254 e. The van der Waals surface area contributed by atoms with Crippen molar-refractivity contribution in [2.45, 2.75) is 38.8 Å². The molecule has 1 unspecified atom stereocenters. The summed E-state index contributed by atoms with van der Waals surface area (Å²) in [5, 5.41) is 0.518. The first-order valence-electron chi connectivity index (χ1n) is 6.95. The maximum atomic E-state index is 12.7. The number of carbonyl (C=O) groups excluding carboxylic acids is 1. The van der Waals surface area contributed by atoms with Crippen LogP contribution in [0.15, 0.2) is 18.2 Å². The molecule has 0 aromatic heterocycles. The zero-order valence-electron chi connectivity index (χ0n) is 12.5. The Hall–Kier alpha value is -1.07. The van der Waals surface area contributed by atoms with Gasteiger partial charge >= 0.3 is 0 Å². The minimum Gasteiger partial charge on any atom is -0.332 e.